The fourth-order valence-corrected chi connectivity index (χ4v) is 5.65. The monoisotopic (exact) mass is 523 g/mol. The van der Waals surface area contributed by atoms with Gasteiger partial charge in [-0.05, 0) is 79.9 Å². The molecule has 38 heavy (non-hydrogen) atoms. The molecule has 1 unspecified atom stereocenters. The largest absolute Gasteiger partial charge is 0.495 e. The van der Waals surface area contributed by atoms with E-state index in [2.05, 4.69) is 96.2 Å². The predicted octanol–water partition coefficient (Wildman–Crippen LogP) is 2.94. The zero-order valence-electron chi connectivity index (χ0n) is 24.7. The maximum Gasteiger partial charge on any atom is 0.178 e. The molecular weight excluding hydrogens is 474 g/mol. The summed E-state index contributed by atoms with van der Waals surface area (Å²) in [5.41, 5.74) is 3.08. The fraction of sp³-hybridized carbons (Fsp3) is 0.700. The number of nitrogens with one attached hydrogen (secondary N) is 2. The first-order valence-corrected chi connectivity index (χ1v) is 14.4. The highest BCUT2D eigenvalue weighted by Gasteiger charge is 2.31. The van der Waals surface area contributed by atoms with E-state index in [9.17, 15) is 0 Å². The molecule has 0 bridgehead atoms. The lowest BCUT2D eigenvalue weighted by molar-refractivity contribution is 0.120. The van der Waals surface area contributed by atoms with Gasteiger partial charge in [0.2, 0.25) is 0 Å². The lowest BCUT2D eigenvalue weighted by Crippen LogP contribution is -2.52. The number of rotatable bonds is 7. The van der Waals surface area contributed by atoms with E-state index < -0.39 is 0 Å². The van der Waals surface area contributed by atoms with Gasteiger partial charge in [0.15, 0.2) is 6.29 Å². The number of hydrogen-bond donors (Lipinski definition) is 2. The maximum atomic E-state index is 5.80. The minimum Gasteiger partial charge on any atom is -0.495 e. The molecule has 210 valence electrons. The number of likely N-dealkylation sites (tertiary alicyclic amines) is 2. The van der Waals surface area contributed by atoms with Gasteiger partial charge in [-0.2, -0.15) is 0 Å². The highest BCUT2D eigenvalue weighted by atomic mass is 16.5. The van der Waals surface area contributed by atoms with Gasteiger partial charge in [-0.15, -0.1) is 0 Å². The fourth-order valence-electron chi connectivity index (χ4n) is 5.65. The SMILES string of the molecule is COc1cc2c(cc1C#CCCN(C)C)NC(N1CCC(N(C)C)CC1)N=C2NC1CCN(C(C)C)CC1. The lowest BCUT2D eigenvalue weighted by Gasteiger charge is -2.41. The molecular formula is C30H49N7O. The average molecular weight is 524 g/mol. The van der Waals surface area contributed by atoms with Crippen LogP contribution in [0.15, 0.2) is 17.1 Å². The summed E-state index contributed by atoms with van der Waals surface area (Å²) in [6, 6.07) is 5.94. The Hall–Kier alpha value is -2.31. The molecule has 0 aromatic heterocycles. The quantitative estimate of drug-likeness (QED) is 0.533. The Bertz CT molecular complexity index is 1010. The Kier molecular flexibility index (Phi) is 9.94. The Morgan fingerprint density at radius 3 is 2.39 bits per heavy atom. The standard InChI is InChI=1S/C30H49N7O/c1-22(2)36-16-11-24(12-17-36)31-29-26-21-28(38-7)23(10-8-9-15-34(3)4)20-27(26)32-30(33-29)37-18-13-25(14-19-37)35(5)6/h20-22,24-25,30,32H,9,11-19H2,1-7H3,(H,31,33). The topological polar surface area (TPSA) is 58.6 Å². The van der Waals surface area contributed by atoms with Gasteiger partial charge < -0.3 is 30.1 Å². The second kappa shape index (κ2) is 13.2. The van der Waals surface area contributed by atoms with Crippen LogP contribution >= 0.6 is 0 Å². The molecule has 4 rings (SSSR count). The van der Waals surface area contributed by atoms with Gasteiger partial charge in [-0.3, -0.25) is 4.90 Å². The zero-order valence-corrected chi connectivity index (χ0v) is 24.7. The first-order valence-electron chi connectivity index (χ1n) is 14.4. The Balaban J connectivity index is 1.58. The third kappa shape index (κ3) is 7.20. The summed E-state index contributed by atoms with van der Waals surface area (Å²) >= 11 is 0. The van der Waals surface area contributed by atoms with Gasteiger partial charge in [0, 0.05) is 68.5 Å². The van der Waals surface area contributed by atoms with E-state index in [1.165, 1.54) is 0 Å². The van der Waals surface area contributed by atoms with Crippen molar-refractivity contribution in [2.24, 2.45) is 4.99 Å². The van der Waals surface area contributed by atoms with E-state index in [-0.39, 0.29) is 6.29 Å². The number of amidine groups is 1. The second-order valence-electron chi connectivity index (χ2n) is 11.7. The highest BCUT2D eigenvalue weighted by Crippen LogP contribution is 2.32. The van der Waals surface area contributed by atoms with E-state index in [0.717, 1.165) is 93.2 Å². The molecule has 0 aliphatic carbocycles. The molecule has 1 aromatic carbocycles. The van der Waals surface area contributed by atoms with E-state index in [1.807, 2.05) is 0 Å². The van der Waals surface area contributed by atoms with Crippen molar-refractivity contribution in [2.45, 2.75) is 70.4 Å². The molecule has 3 heterocycles. The molecule has 0 saturated carbocycles. The van der Waals surface area contributed by atoms with Crippen molar-refractivity contribution in [3.8, 4) is 17.6 Å². The third-order valence-corrected chi connectivity index (χ3v) is 8.21. The van der Waals surface area contributed by atoms with E-state index in [0.29, 0.717) is 18.1 Å². The van der Waals surface area contributed by atoms with Gasteiger partial charge >= 0.3 is 0 Å². The summed E-state index contributed by atoms with van der Waals surface area (Å²) in [5.74, 6) is 8.48. The van der Waals surface area contributed by atoms with Crippen LogP contribution in [-0.2, 0) is 0 Å². The van der Waals surface area contributed by atoms with Crippen LogP contribution in [-0.4, -0.2) is 118 Å². The summed E-state index contributed by atoms with van der Waals surface area (Å²) in [4.78, 5) is 14.8. The number of anilines is 1. The van der Waals surface area contributed by atoms with Crippen molar-refractivity contribution in [1.29, 1.82) is 0 Å². The Morgan fingerprint density at radius 1 is 1.08 bits per heavy atom. The number of aliphatic imine (C=N–C) groups is 1. The minimum absolute atomic E-state index is 0.0770. The number of fused-ring (bicyclic) bond motifs is 1. The number of piperidine rings is 2. The van der Waals surface area contributed by atoms with Gasteiger partial charge in [0.05, 0.1) is 12.7 Å². The van der Waals surface area contributed by atoms with Crippen LogP contribution in [0.1, 0.15) is 57.1 Å². The number of benzene rings is 1. The highest BCUT2D eigenvalue weighted by molar-refractivity contribution is 6.05. The molecule has 2 saturated heterocycles. The van der Waals surface area contributed by atoms with Gasteiger partial charge in [0.25, 0.3) is 0 Å². The molecule has 8 nitrogen and oxygen atoms in total. The number of methoxy groups -OCH3 is 1. The first-order chi connectivity index (χ1) is 18.2. The van der Waals surface area contributed by atoms with Crippen molar-refractivity contribution in [3.63, 3.8) is 0 Å². The summed E-state index contributed by atoms with van der Waals surface area (Å²) in [6.07, 6.45) is 5.33. The molecule has 8 heteroatoms. The average Bonchev–Trinajstić information content (AvgIpc) is 2.90. The lowest BCUT2D eigenvalue weighted by atomic mass is 10.0. The van der Waals surface area contributed by atoms with Crippen LogP contribution < -0.4 is 15.4 Å². The van der Waals surface area contributed by atoms with Crippen molar-refractivity contribution >= 4 is 11.5 Å². The van der Waals surface area contributed by atoms with Crippen LogP contribution in [0.4, 0.5) is 5.69 Å². The molecule has 3 aliphatic rings. The minimum atomic E-state index is -0.0770. The smallest absolute Gasteiger partial charge is 0.178 e. The number of nitrogens with zero attached hydrogens (tertiary/aromatic N) is 5. The van der Waals surface area contributed by atoms with Crippen LogP contribution in [0.3, 0.4) is 0 Å². The summed E-state index contributed by atoms with van der Waals surface area (Å²) in [7, 11) is 10.3. The van der Waals surface area contributed by atoms with E-state index in [1.54, 1.807) is 7.11 Å². The van der Waals surface area contributed by atoms with Crippen molar-refractivity contribution in [1.82, 2.24) is 24.9 Å². The van der Waals surface area contributed by atoms with Crippen LogP contribution in [0.2, 0.25) is 0 Å². The second-order valence-corrected chi connectivity index (χ2v) is 11.7. The molecule has 1 atom stereocenters. The van der Waals surface area contributed by atoms with Gasteiger partial charge in [-0.1, -0.05) is 11.8 Å². The maximum absolute atomic E-state index is 5.80. The summed E-state index contributed by atoms with van der Waals surface area (Å²) in [6.45, 7) is 9.84. The van der Waals surface area contributed by atoms with Crippen LogP contribution in [0, 0.1) is 11.8 Å². The van der Waals surface area contributed by atoms with Gasteiger partial charge in [-0.25, -0.2) is 4.99 Å². The Labute approximate surface area is 230 Å². The normalized spacial score (nSPS) is 21.6. The van der Waals surface area contributed by atoms with Crippen LogP contribution in [0.5, 0.6) is 5.75 Å². The molecule has 3 aliphatic heterocycles. The van der Waals surface area contributed by atoms with Gasteiger partial charge in [0.1, 0.15) is 11.6 Å². The van der Waals surface area contributed by atoms with Crippen molar-refractivity contribution in [2.75, 3.05) is 73.3 Å². The summed E-state index contributed by atoms with van der Waals surface area (Å²) in [5, 5.41) is 7.60. The van der Waals surface area contributed by atoms with Crippen LogP contribution in [0.25, 0.3) is 0 Å². The van der Waals surface area contributed by atoms with Crippen molar-refractivity contribution in [3.05, 3.63) is 23.3 Å². The molecule has 0 radical (unpaired) electrons. The predicted molar refractivity (Wildman–Crippen MR) is 158 cm³/mol. The van der Waals surface area contributed by atoms with E-state index >= 15 is 0 Å². The molecule has 0 spiro atoms. The molecule has 2 fully saturated rings. The molecule has 2 N–H and O–H groups in total. The zero-order chi connectivity index (χ0) is 27.2. The van der Waals surface area contributed by atoms with Crippen molar-refractivity contribution < 1.29 is 4.74 Å². The summed E-state index contributed by atoms with van der Waals surface area (Å²) < 4.78 is 5.80. The Morgan fingerprint density at radius 2 is 1.79 bits per heavy atom. The number of hydrogen-bond acceptors (Lipinski definition) is 8. The first kappa shape index (κ1) is 28.7. The molecule has 0 amide bonds. The molecule has 1 aromatic rings. The number of ether oxygens (including phenoxy) is 1. The van der Waals surface area contributed by atoms with E-state index in [4.69, 9.17) is 9.73 Å². The third-order valence-electron chi connectivity index (χ3n) is 8.21.